The molecule has 0 aromatic heterocycles. The van der Waals surface area contributed by atoms with Crippen molar-refractivity contribution in [1.82, 2.24) is 5.32 Å². The summed E-state index contributed by atoms with van der Waals surface area (Å²) in [5, 5.41) is 3.33. The minimum atomic E-state index is 0.362. The summed E-state index contributed by atoms with van der Waals surface area (Å²) in [4.78, 5) is 0. The monoisotopic (exact) mass is 345 g/mol. The molecular formula is C15H24BrNO3. The Labute approximate surface area is 129 Å². The van der Waals surface area contributed by atoms with E-state index in [2.05, 4.69) is 27.3 Å². The van der Waals surface area contributed by atoms with Gasteiger partial charge in [0.1, 0.15) is 5.75 Å². The first-order valence-electron chi connectivity index (χ1n) is 6.77. The van der Waals surface area contributed by atoms with Crippen LogP contribution in [0, 0.1) is 0 Å². The van der Waals surface area contributed by atoms with E-state index in [4.69, 9.17) is 14.2 Å². The van der Waals surface area contributed by atoms with Crippen molar-refractivity contribution < 1.29 is 14.2 Å². The van der Waals surface area contributed by atoms with Crippen molar-refractivity contribution in [3.05, 3.63) is 28.2 Å². The number of benzene rings is 1. The Morgan fingerprint density at radius 3 is 2.65 bits per heavy atom. The van der Waals surface area contributed by atoms with Gasteiger partial charge in [0.05, 0.1) is 20.3 Å². The van der Waals surface area contributed by atoms with E-state index in [0.29, 0.717) is 19.3 Å². The summed E-state index contributed by atoms with van der Waals surface area (Å²) in [5.74, 6) is 0.925. The number of hydrogen-bond acceptors (Lipinski definition) is 4. The van der Waals surface area contributed by atoms with Crippen molar-refractivity contribution in [2.24, 2.45) is 0 Å². The van der Waals surface area contributed by atoms with Gasteiger partial charge < -0.3 is 19.5 Å². The topological polar surface area (TPSA) is 39.7 Å². The second kappa shape index (κ2) is 10.2. The highest BCUT2D eigenvalue weighted by molar-refractivity contribution is 9.10. The van der Waals surface area contributed by atoms with Crippen molar-refractivity contribution in [2.45, 2.75) is 18.9 Å². The maximum Gasteiger partial charge on any atom is 0.122 e. The number of nitrogens with one attached hydrogen (secondary N) is 1. The van der Waals surface area contributed by atoms with Crippen molar-refractivity contribution in [1.29, 1.82) is 0 Å². The third-order valence-corrected chi connectivity index (χ3v) is 3.65. The lowest BCUT2D eigenvalue weighted by Crippen LogP contribution is -2.29. The highest BCUT2D eigenvalue weighted by atomic mass is 79.9. The minimum absolute atomic E-state index is 0.362. The summed E-state index contributed by atoms with van der Waals surface area (Å²) in [6.07, 6.45) is 1.86. The first-order chi connectivity index (χ1) is 9.71. The van der Waals surface area contributed by atoms with Crippen LogP contribution in [-0.4, -0.2) is 47.1 Å². The van der Waals surface area contributed by atoms with Crippen LogP contribution in [0.25, 0.3) is 0 Å². The van der Waals surface area contributed by atoms with E-state index >= 15 is 0 Å². The van der Waals surface area contributed by atoms with E-state index in [1.807, 2.05) is 19.2 Å². The average molecular weight is 346 g/mol. The number of ether oxygens (including phenoxy) is 3. The van der Waals surface area contributed by atoms with Crippen LogP contribution in [-0.2, 0) is 15.9 Å². The second-order valence-electron chi connectivity index (χ2n) is 4.54. The van der Waals surface area contributed by atoms with Crippen molar-refractivity contribution in [3.63, 3.8) is 0 Å². The number of rotatable bonds is 10. The van der Waals surface area contributed by atoms with Crippen LogP contribution < -0.4 is 10.1 Å². The summed E-state index contributed by atoms with van der Waals surface area (Å²) < 4.78 is 16.9. The van der Waals surface area contributed by atoms with E-state index in [-0.39, 0.29) is 0 Å². The van der Waals surface area contributed by atoms with Gasteiger partial charge in [-0.1, -0.05) is 15.9 Å². The van der Waals surface area contributed by atoms with E-state index in [9.17, 15) is 0 Å². The first-order valence-corrected chi connectivity index (χ1v) is 7.57. The maximum atomic E-state index is 5.52. The molecule has 0 radical (unpaired) electrons. The van der Waals surface area contributed by atoms with Crippen LogP contribution in [0.4, 0.5) is 0 Å². The lowest BCUT2D eigenvalue weighted by atomic mass is 10.0. The van der Waals surface area contributed by atoms with Gasteiger partial charge in [0, 0.05) is 24.2 Å². The fraction of sp³-hybridized carbons (Fsp3) is 0.600. The number of halogens is 1. The van der Waals surface area contributed by atoms with Gasteiger partial charge in [-0.05, 0) is 43.7 Å². The molecule has 0 aliphatic heterocycles. The zero-order chi connectivity index (χ0) is 14.8. The Morgan fingerprint density at radius 1 is 1.20 bits per heavy atom. The Balaban J connectivity index is 2.48. The Bertz CT molecular complexity index is 387. The van der Waals surface area contributed by atoms with E-state index < -0.39 is 0 Å². The van der Waals surface area contributed by atoms with Crippen LogP contribution in [0.3, 0.4) is 0 Å². The van der Waals surface area contributed by atoms with Crippen LogP contribution in [0.5, 0.6) is 5.75 Å². The zero-order valence-corrected chi connectivity index (χ0v) is 14.0. The van der Waals surface area contributed by atoms with E-state index in [1.165, 1.54) is 5.56 Å². The molecule has 5 heteroatoms. The summed E-state index contributed by atoms with van der Waals surface area (Å²) in [6.45, 7) is 2.02. The molecule has 0 heterocycles. The molecule has 0 aliphatic rings. The van der Waals surface area contributed by atoms with Gasteiger partial charge >= 0.3 is 0 Å². The highest BCUT2D eigenvalue weighted by Gasteiger charge is 2.11. The molecule has 0 amide bonds. The number of hydrogen-bond donors (Lipinski definition) is 1. The van der Waals surface area contributed by atoms with Gasteiger partial charge in [0.25, 0.3) is 0 Å². The van der Waals surface area contributed by atoms with Crippen molar-refractivity contribution >= 4 is 15.9 Å². The van der Waals surface area contributed by atoms with Gasteiger partial charge in [-0.25, -0.2) is 0 Å². The Morgan fingerprint density at radius 2 is 2.00 bits per heavy atom. The lowest BCUT2D eigenvalue weighted by Gasteiger charge is -2.18. The maximum absolute atomic E-state index is 5.52. The molecule has 4 nitrogen and oxygen atoms in total. The first kappa shape index (κ1) is 17.4. The predicted molar refractivity (Wildman–Crippen MR) is 84.6 cm³/mol. The molecular weight excluding hydrogens is 322 g/mol. The molecule has 0 fully saturated rings. The SMILES string of the molecule is CNC(CCOCCOC)Cc1cc(Br)ccc1OC. The van der Waals surface area contributed by atoms with Crippen molar-refractivity contribution in [3.8, 4) is 5.75 Å². The molecule has 1 atom stereocenters. The lowest BCUT2D eigenvalue weighted by molar-refractivity contribution is 0.0661. The highest BCUT2D eigenvalue weighted by Crippen LogP contribution is 2.24. The predicted octanol–water partition coefficient (Wildman–Crippen LogP) is 2.64. The molecule has 1 aromatic carbocycles. The smallest absolute Gasteiger partial charge is 0.122 e. The standard InChI is InChI=1S/C15H24BrNO3/c1-17-14(6-7-20-9-8-18-2)11-12-10-13(16)4-5-15(12)19-3/h4-5,10,14,17H,6-9,11H2,1-3H3. The molecule has 1 N–H and O–H groups in total. The molecule has 0 bridgehead atoms. The number of methoxy groups -OCH3 is 2. The zero-order valence-electron chi connectivity index (χ0n) is 12.4. The molecule has 1 aromatic rings. The summed E-state index contributed by atoms with van der Waals surface area (Å²) in [5.41, 5.74) is 1.19. The number of likely N-dealkylation sites (N-methyl/N-ethyl adjacent to an activating group) is 1. The van der Waals surface area contributed by atoms with Gasteiger partial charge in [-0.15, -0.1) is 0 Å². The molecule has 20 heavy (non-hydrogen) atoms. The van der Waals surface area contributed by atoms with Crippen LogP contribution >= 0.6 is 15.9 Å². The van der Waals surface area contributed by atoms with Crippen LogP contribution in [0.2, 0.25) is 0 Å². The molecule has 1 unspecified atom stereocenters. The van der Waals surface area contributed by atoms with Crippen LogP contribution in [0.15, 0.2) is 22.7 Å². The van der Waals surface area contributed by atoms with E-state index in [1.54, 1.807) is 14.2 Å². The van der Waals surface area contributed by atoms with Gasteiger partial charge in [-0.2, -0.15) is 0 Å². The van der Waals surface area contributed by atoms with Crippen LogP contribution in [0.1, 0.15) is 12.0 Å². The molecule has 0 saturated carbocycles. The molecule has 1 rings (SSSR count). The third-order valence-electron chi connectivity index (χ3n) is 3.16. The molecule has 0 saturated heterocycles. The minimum Gasteiger partial charge on any atom is -0.496 e. The fourth-order valence-corrected chi connectivity index (χ4v) is 2.40. The Kier molecular flexibility index (Phi) is 8.85. The normalized spacial score (nSPS) is 12.4. The van der Waals surface area contributed by atoms with Gasteiger partial charge in [-0.3, -0.25) is 0 Å². The largest absolute Gasteiger partial charge is 0.496 e. The summed E-state index contributed by atoms with van der Waals surface area (Å²) in [7, 11) is 5.36. The third kappa shape index (κ3) is 6.22. The molecule has 0 aliphatic carbocycles. The van der Waals surface area contributed by atoms with E-state index in [0.717, 1.165) is 29.7 Å². The van der Waals surface area contributed by atoms with Gasteiger partial charge in [0.15, 0.2) is 0 Å². The molecule has 0 spiro atoms. The van der Waals surface area contributed by atoms with Crippen molar-refractivity contribution in [2.75, 3.05) is 41.1 Å². The second-order valence-corrected chi connectivity index (χ2v) is 5.46. The fourth-order valence-electron chi connectivity index (χ4n) is 1.99. The quantitative estimate of drug-likeness (QED) is 0.661. The molecule has 114 valence electrons. The average Bonchev–Trinajstić information content (AvgIpc) is 2.46. The Hall–Kier alpha value is -0.620. The summed E-state index contributed by atoms with van der Waals surface area (Å²) >= 11 is 3.50. The van der Waals surface area contributed by atoms with Gasteiger partial charge in [0.2, 0.25) is 0 Å². The summed E-state index contributed by atoms with van der Waals surface area (Å²) in [6, 6.07) is 6.45.